The highest BCUT2D eigenvalue weighted by molar-refractivity contribution is 9.10. The lowest BCUT2D eigenvalue weighted by atomic mass is 10.2. The fourth-order valence-corrected chi connectivity index (χ4v) is 2.45. The molecule has 0 aliphatic carbocycles. The van der Waals surface area contributed by atoms with Crippen LogP contribution in [0.25, 0.3) is 0 Å². The van der Waals surface area contributed by atoms with E-state index < -0.39 is 0 Å². The third-order valence-electron chi connectivity index (χ3n) is 2.81. The van der Waals surface area contributed by atoms with Gasteiger partial charge in [0.2, 0.25) is 0 Å². The van der Waals surface area contributed by atoms with Gasteiger partial charge in [-0.3, -0.25) is 4.79 Å². The van der Waals surface area contributed by atoms with Gasteiger partial charge in [-0.2, -0.15) is 0 Å². The van der Waals surface area contributed by atoms with E-state index in [9.17, 15) is 4.79 Å². The van der Waals surface area contributed by atoms with Crippen molar-refractivity contribution in [1.29, 1.82) is 0 Å². The van der Waals surface area contributed by atoms with Gasteiger partial charge in [-0.25, -0.2) is 4.98 Å². The third kappa shape index (κ3) is 2.88. The summed E-state index contributed by atoms with van der Waals surface area (Å²) in [5.74, 6) is -0.0939. The smallest absolute Gasteiger partial charge is 0.256 e. The number of ether oxygens (including phenoxy) is 1. The zero-order valence-corrected chi connectivity index (χ0v) is 11.6. The Morgan fingerprint density at radius 2 is 2.44 bits per heavy atom. The molecule has 1 amide bonds. The van der Waals surface area contributed by atoms with Crippen molar-refractivity contribution >= 4 is 21.8 Å². The van der Waals surface area contributed by atoms with Crippen LogP contribution in [0.2, 0.25) is 0 Å². The predicted molar refractivity (Wildman–Crippen MR) is 69.3 cm³/mol. The van der Waals surface area contributed by atoms with Crippen LogP contribution in [0.1, 0.15) is 17.3 Å². The maximum Gasteiger partial charge on any atom is 0.256 e. The van der Waals surface area contributed by atoms with E-state index in [1.54, 1.807) is 23.2 Å². The number of aliphatic hydroxyl groups excluding tert-OH is 1. The fourth-order valence-electron chi connectivity index (χ4n) is 2.03. The van der Waals surface area contributed by atoms with Gasteiger partial charge < -0.3 is 14.7 Å². The summed E-state index contributed by atoms with van der Waals surface area (Å²) in [4.78, 5) is 18.1. The Balaban J connectivity index is 2.16. The number of rotatable bonds is 2. The van der Waals surface area contributed by atoms with Crippen molar-refractivity contribution in [3.8, 4) is 0 Å². The zero-order chi connectivity index (χ0) is 13.1. The highest BCUT2D eigenvalue weighted by Gasteiger charge is 2.29. The monoisotopic (exact) mass is 314 g/mol. The van der Waals surface area contributed by atoms with Crippen molar-refractivity contribution in [2.24, 2.45) is 0 Å². The maximum atomic E-state index is 12.3. The number of carbonyl (C=O) groups excluding carboxylic acids is 1. The van der Waals surface area contributed by atoms with Crippen molar-refractivity contribution in [3.63, 3.8) is 0 Å². The molecule has 1 N–H and O–H groups in total. The lowest BCUT2D eigenvalue weighted by molar-refractivity contribution is -0.0858. The molecule has 1 fully saturated rings. The predicted octanol–water partition coefficient (Wildman–Crippen LogP) is 1.07. The molecule has 0 bridgehead atoms. The number of halogens is 1. The van der Waals surface area contributed by atoms with E-state index in [1.165, 1.54) is 0 Å². The molecule has 1 aromatic rings. The summed E-state index contributed by atoms with van der Waals surface area (Å²) < 4.78 is 6.05. The molecular formula is C12H15BrN2O3. The number of pyridine rings is 1. The summed E-state index contributed by atoms with van der Waals surface area (Å²) in [5.41, 5.74) is 0.531. The Morgan fingerprint density at radius 1 is 1.67 bits per heavy atom. The minimum Gasteiger partial charge on any atom is -0.394 e. The normalized spacial score (nSPS) is 24.1. The van der Waals surface area contributed by atoms with Gasteiger partial charge in [0, 0.05) is 19.3 Å². The highest BCUT2D eigenvalue weighted by Crippen LogP contribution is 2.18. The number of nitrogens with zero attached hydrogens (tertiary/aromatic N) is 2. The van der Waals surface area contributed by atoms with Gasteiger partial charge >= 0.3 is 0 Å². The highest BCUT2D eigenvalue weighted by atomic mass is 79.9. The van der Waals surface area contributed by atoms with Crippen molar-refractivity contribution in [3.05, 3.63) is 28.5 Å². The molecule has 0 saturated carbocycles. The van der Waals surface area contributed by atoms with Gasteiger partial charge in [0.05, 0.1) is 24.4 Å². The van der Waals surface area contributed by atoms with Gasteiger partial charge in [0.1, 0.15) is 4.60 Å². The number of hydrogen-bond acceptors (Lipinski definition) is 4. The fraction of sp³-hybridized carbons (Fsp3) is 0.500. The standard InChI is InChI=1S/C12H15BrN2O3/c1-8-5-15(6-9(7-16)18-8)12(17)10-3-2-4-14-11(10)13/h2-4,8-9,16H,5-7H2,1H3. The quantitative estimate of drug-likeness (QED) is 0.829. The summed E-state index contributed by atoms with van der Waals surface area (Å²) in [6.07, 6.45) is 1.24. The topological polar surface area (TPSA) is 62.7 Å². The van der Waals surface area contributed by atoms with E-state index in [-0.39, 0.29) is 24.7 Å². The summed E-state index contributed by atoms with van der Waals surface area (Å²) in [5, 5.41) is 9.15. The van der Waals surface area contributed by atoms with E-state index in [0.29, 0.717) is 23.3 Å². The molecule has 1 aliphatic rings. The van der Waals surface area contributed by atoms with Crippen LogP contribution in [-0.2, 0) is 4.74 Å². The van der Waals surface area contributed by atoms with Gasteiger partial charge in [-0.1, -0.05) is 0 Å². The number of aliphatic hydroxyl groups is 1. The third-order valence-corrected chi connectivity index (χ3v) is 3.44. The molecule has 1 saturated heterocycles. The first-order valence-corrected chi connectivity index (χ1v) is 6.57. The SMILES string of the molecule is CC1CN(C(=O)c2cccnc2Br)CC(CO)O1. The van der Waals surface area contributed by atoms with Crippen molar-refractivity contribution in [1.82, 2.24) is 9.88 Å². The van der Waals surface area contributed by atoms with Gasteiger partial charge in [0.15, 0.2) is 0 Å². The van der Waals surface area contributed by atoms with Crippen LogP contribution < -0.4 is 0 Å². The largest absolute Gasteiger partial charge is 0.394 e. The van der Waals surface area contributed by atoms with Crippen LogP contribution in [-0.4, -0.2) is 52.8 Å². The summed E-state index contributed by atoms with van der Waals surface area (Å²) in [6, 6.07) is 3.46. The van der Waals surface area contributed by atoms with E-state index in [4.69, 9.17) is 9.84 Å². The van der Waals surface area contributed by atoms with Crippen LogP contribution in [0, 0.1) is 0 Å². The van der Waals surface area contributed by atoms with E-state index >= 15 is 0 Å². The Bertz CT molecular complexity index is 441. The van der Waals surface area contributed by atoms with Crippen LogP contribution in [0.5, 0.6) is 0 Å². The Morgan fingerprint density at radius 3 is 3.11 bits per heavy atom. The summed E-state index contributed by atoms with van der Waals surface area (Å²) in [7, 11) is 0. The molecule has 5 nitrogen and oxygen atoms in total. The first-order chi connectivity index (χ1) is 8.61. The number of aromatic nitrogens is 1. The molecule has 0 radical (unpaired) electrons. The zero-order valence-electron chi connectivity index (χ0n) is 10.0. The maximum absolute atomic E-state index is 12.3. The van der Waals surface area contributed by atoms with E-state index in [0.717, 1.165) is 0 Å². The number of amides is 1. The molecule has 0 spiro atoms. The number of carbonyl (C=O) groups is 1. The van der Waals surface area contributed by atoms with Crippen LogP contribution in [0.15, 0.2) is 22.9 Å². The van der Waals surface area contributed by atoms with Crippen LogP contribution >= 0.6 is 15.9 Å². The minimum absolute atomic E-state index is 0.0738. The summed E-state index contributed by atoms with van der Waals surface area (Å²) in [6.45, 7) is 2.74. The number of morpholine rings is 1. The lowest BCUT2D eigenvalue weighted by Crippen LogP contribution is -2.50. The van der Waals surface area contributed by atoms with Crippen LogP contribution in [0.4, 0.5) is 0 Å². The average Bonchev–Trinajstić information content (AvgIpc) is 2.37. The van der Waals surface area contributed by atoms with E-state index in [1.807, 2.05) is 6.92 Å². The van der Waals surface area contributed by atoms with Crippen molar-refractivity contribution < 1.29 is 14.6 Å². The molecule has 1 aromatic heterocycles. The van der Waals surface area contributed by atoms with Crippen molar-refractivity contribution in [2.45, 2.75) is 19.1 Å². The van der Waals surface area contributed by atoms with E-state index in [2.05, 4.69) is 20.9 Å². The molecule has 2 atom stereocenters. The molecule has 0 aromatic carbocycles. The molecule has 18 heavy (non-hydrogen) atoms. The second kappa shape index (κ2) is 5.77. The lowest BCUT2D eigenvalue weighted by Gasteiger charge is -2.36. The molecule has 2 heterocycles. The molecule has 2 unspecified atom stereocenters. The first kappa shape index (κ1) is 13.5. The van der Waals surface area contributed by atoms with Gasteiger partial charge in [-0.05, 0) is 35.0 Å². The average molecular weight is 315 g/mol. The van der Waals surface area contributed by atoms with Gasteiger partial charge in [0.25, 0.3) is 5.91 Å². The van der Waals surface area contributed by atoms with Crippen LogP contribution in [0.3, 0.4) is 0 Å². The second-order valence-electron chi connectivity index (χ2n) is 4.30. The molecule has 1 aliphatic heterocycles. The minimum atomic E-state index is -0.312. The Hall–Kier alpha value is -0.980. The summed E-state index contributed by atoms with van der Waals surface area (Å²) >= 11 is 3.27. The Kier molecular flexibility index (Phi) is 4.31. The van der Waals surface area contributed by atoms with Gasteiger partial charge in [-0.15, -0.1) is 0 Å². The number of hydrogen-bond donors (Lipinski definition) is 1. The molecule has 6 heteroatoms. The van der Waals surface area contributed by atoms with Crippen molar-refractivity contribution in [2.75, 3.05) is 19.7 Å². The second-order valence-corrected chi connectivity index (χ2v) is 5.05. The molecule has 98 valence electrons. The molecule has 2 rings (SSSR count). The first-order valence-electron chi connectivity index (χ1n) is 5.78. The molecular weight excluding hydrogens is 300 g/mol. The Labute approximate surface area is 114 Å².